The molecule has 6 nitrogen and oxygen atoms in total. The monoisotopic (exact) mass is 392 g/mol. The second-order valence-corrected chi connectivity index (χ2v) is 7.63. The van der Waals surface area contributed by atoms with Crippen LogP contribution in [-0.2, 0) is 6.42 Å². The largest absolute Gasteiger partial charge is 0.324 e. The summed E-state index contributed by atoms with van der Waals surface area (Å²) in [6.45, 7) is 0. The Morgan fingerprint density at radius 2 is 1.83 bits per heavy atom. The van der Waals surface area contributed by atoms with E-state index in [2.05, 4.69) is 40.0 Å². The quantitative estimate of drug-likeness (QED) is 0.499. The van der Waals surface area contributed by atoms with Crippen molar-refractivity contribution in [2.75, 3.05) is 0 Å². The lowest BCUT2D eigenvalue weighted by Gasteiger charge is -2.12. The third-order valence-electron chi connectivity index (χ3n) is 5.77. The standard InChI is InChI=1S/C24H20N6/c25-20-10-7-17-15-18(8-9-19(17)20)30-23(16-5-2-1-3-6-16)27-21-11-12-22(28-24(21)30)29-14-4-13-26-29/h1-6,8-9,11-15,20H,7,10,25H2/t20-/m0/s1. The van der Waals surface area contributed by atoms with Crippen LogP contribution in [0.5, 0.6) is 0 Å². The Bertz CT molecular complexity index is 1350. The number of nitrogens with zero attached hydrogens (tertiary/aromatic N) is 5. The second kappa shape index (κ2) is 6.64. The Morgan fingerprint density at radius 1 is 0.933 bits per heavy atom. The molecular formula is C24H20N6. The molecule has 0 unspecified atom stereocenters. The number of benzene rings is 2. The van der Waals surface area contributed by atoms with Crippen LogP contribution in [0.15, 0.2) is 79.1 Å². The van der Waals surface area contributed by atoms with Crippen LogP contribution >= 0.6 is 0 Å². The minimum Gasteiger partial charge on any atom is -0.324 e. The maximum absolute atomic E-state index is 6.26. The highest BCUT2D eigenvalue weighted by Gasteiger charge is 2.22. The van der Waals surface area contributed by atoms with E-state index < -0.39 is 0 Å². The van der Waals surface area contributed by atoms with Crippen molar-refractivity contribution < 1.29 is 0 Å². The highest BCUT2D eigenvalue weighted by molar-refractivity contribution is 5.81. The zero-order valence-electron chi connectivity index (χ0n) is 16.3. The van der Waals surface area contributed by atoms with Gasteiger partial charge >= 0.3 is 0 Å². The number of fused-ring (bicyclic) bond motifs is 2. The first-order valence-electron chi connectivity index (χ1n) is 10.1. The number of pyridine rings is 1. The van der Waals surface area contributed by atoms with E-state index in [-0.39, 0.29) is 6.04 Å². The Kier molecular flexibility index (Phi) is 3.79. The van der Waals surface area contributed by atoms with Crippen molar-refractivity contribution >= 4 is 11.2 Å². The summed E-state index contributed by atoms with van der Waals surface area (Å²) in [5, 5.41) is 4.33. The van der Waals surface area contributed by atoms with Gasteiger partial charge in [-0.25, -0.2) is 14.6 Å². The van der Waals surface area contributed by atoms with Crippen molar-refractivity contribution in [3.63, 3.8) is 0 Å². The maximum Gasteiger partial charge on any atom is 0.167 e. The molecule has 6 heteroatoms. The summed E-state index contributed by atoms with van der Waals surface area (Å²) in [6.07, 6.45) is 5.65. The molecule has 2 aromatic carbocycles. The van der Waals surface area contributed by atoms with E-state index in [4.69, 9.17) is 15.7 Å². The highest BCUT2D eigenvalue weighted by atomic mass is 15.3. The number of hydrogen-bond acceptors (Lipinski definition) is 4. The van der Waals surface area contributed by atoms with Crippen LogP contribution in [0.2, 0.25) is 0 Å². The summed E-state index contributed by atoms with van der Waals surface area (Å²) in [5.41, 5.74) is 12.6. The van der Waals surface area contributed by atoms with Gasteiger partial charge in [0.25, 0.3) is 0 Å². The number of aryl methyl sites for hydroxylation is 1. The smallest absolute Gasteiger partial charge is 0.167 e. The first-order chi connectivity index (χ1) is 14.8. The predicted octanol–water partition coefficient (Wildman–Crippen LogP) is 4.22. The molecule has 0 radical (unpaired) electrons. The third-order valence-corrected chi connectivity index (χ3v) is 5.77. The first kappa shape index (κ1) is 17.1. The first-order valence-corrected chi connectivity index (χ1v) is 10.1. The molecule has 0 amide bonds. The van der Waals surface area contributed by atoms with Gasteiger partial charge in [0.15, 0.2) is 11.5 Å². The zero-order valence-corrected chi connectivity index (χ0v) is 16.3. The van der Waals surface area contributed by atoms with E-state index in [9.17, 15) is 0 Å². The predicted molar refractivity (Wildman–Crippen MR) is 117 cm³/mol. The maximum atomic E-state index is 6.26. The van der Waals surface area contributed by atoms with Crippen molar-refractivity contribution in [3.05, 3.63) is 90.3 Å². The van der Waals surface area contributed by atoms with Crippen LogP contribution in [0.1, 0.15) is 23.6 Å². The van der Waals surface area contributed by atoms with Crippen molar-refractivity contribution in [2.24, 2.45) is 5.73 Å². The van der Waals surface area contributed by atoms with Crippen LogP contribution in [0, 0.1) is 0 Å². The molecule has 0 saturated heterocycles. The van der Waals surface area contributed by atoms with Gasteiger partial charge in [0, 0.05) is 29.7 Å². The molecule has 0 bridgehead atoms. The van der Waals surface area contributed by atoms with Gasteiger partial charge in [-0.2, -0.15) is 5.10 Å². The molecule has 30 heavy (non-hydrogen) atoms. The lowest BCUT2D eigenvalue weighted by atomic mass is 10.1. The number of rotatable bonds is 3. The third kappa shape index (κ3) is 2.65. The minimum atomic E-state index is 0.131. The van der Waals surface area contributed by atoms with Gasteiger partial charge < -0.3 is 5.73 Å². The van der Waals surface area contributed by atoms with Gasteiger partial charge in [-0.3, -0.25) is 4.57 Å². The van der Waals surface area contributed by atoms with Crippen molar-refractivity contribution in [3.8, 4) is 22.9 Å². The molecule has 1 aliphatic rings. The Labute approximate surface area is 173 Å². The molecule has 1 atom stereocenters. The van der Waals surface area contributed by atoms with Gasteiger partial charge in [-0.15, -0.1) is 0 Å². The Hall–Kier alpha value is -3.77. The summed E-state index contributed by atoms with van der Waals surface area (Å²) in [6, 6.07) is 22.7. The van der Waals surface area contributed by atoms with E-state index in [0.717, 1.165) is 46.9 Å². The molecule has 3 heterocycles. The average molecular weight is 392 g/mol. The van der Waals surface area contributed by atoms with E-state index in [1.54, 1.807) is 10.9 Å². The lowest BCUT2D eigenvalue weighted by molar-refractivity contribution is 0.713. The molecule has 0 aliphatic heterocycles. The fraction of sp³-hybridized carbons (Fsp3) is 0.125. The Balaban J connectivity index is 1.62. The molecule has 1 aliphatic carbocycles. The van der Waals surface area contributed by atoms with Gasteiger partial charge in [0.2, 0.25) is 0 Å². The van der Waals surface area contributed by atoms with E-state index in [1.807, 2.05) is 42.6 Å². The number of aromatic nitrogens is 5. The average Bonchev–Trinajstić information content (AvgIpc) is 3.52. The van der Waals surface area contributed by atoms with Crippen molar-refractivity contribution in [2.45, 2.75) is 18.9 Å². The fourth-order valence-electron chi connectivity index (χ4n) is 4.28. The SMILES string of the molecule is N[C@H]1CCc2cc(-n3c(-c4ccccc4)nc4ccc(-n5cccn5)nc43)ccc21. The van der Waals surface area contributed by atoms with E-state index >= 15 is 0 Å². The molecule has 0 saturated carbocycles. The lowest BCUT2D eigenvalue weighted by Crippen LogP contribution is -2.06. The topological polar surface area (TPSA) is 74.6 Å². The summed E-state index contributed by atoms with van der Waals surface area (Å²) in [4.78, 5) is 9.86. The van der Waals surface area contributed by atoms with Gasteiger partial charge in [-0.05, 0) is 54.3 Å². The normalized spacial score (nSPS) is 15.6. The van der Waals surface area contributed by atoms with Gasteiger partial charge in [0.1, 0.15) is 11.3 Å². The van der Waals surface area contributed by atoms with Crippen molar-refractivity contribution in [1.29, 1.82) is 0 Å². The van der Waals surface area contributed by atoms with E-state index in [1.165, 1.54) is 11.1 Å². The molecule has 3 aromatic heterocycles. The summed E-state index contributed by atoms with van der Waals surface area (Å²) in [5.74, 6) is 1.63. The van der Waals surface area contributed by atoms with Crippen LogP contribution in [-0.4, -0.2) is 24.3 Å². The minimum absolute atomic E-state index is 0.131. The van der Waals surface area contributed by atoms with Crippen molar-refractivity contribution in [1.82, 2.24) is 24.3 Å². The number of nitrogens with two attached hydrogens (primary N) is 1. The van der Waals surface area contributed by atoms with Crippen LogP contribution in [0.3, 0.4) is 0 Å². The molecule has 146 valence electrons. The van der Waals surface area contributed by atoms with Crippen LogP contribution in [0.4, 0.5) is 0 Å². The molecule has 0 spiro atoms. The Morgan fingerprint density at radius 3 is 2.67 bits per heavy atom. The summed E-state index contributed by atoms with van der Waals surface area (Å²) >= 11 is 0. The second-order valence-electron chi connectivity index (χ2n) is 7.63. The molecular weight excluding hydrogens is 372 g/mol. The van der Waals surface area contributed by atoms with Crippen LogP contribution in [0.25, 0.3) is 34.1 Å². The molecule has 6 rings (SSSR count). The van der Waals surface area contributed by atoms with Crippen LogP contribution < -0.4 is 5.73 Å². The number of hydrogen-bond donors (Lipinski definition) is 1. The molecule has 0 fully saturated rings. The van der Waals surface area contributed by atoms with Gasteiger partial charge in [0.05, 0.1) is 0 Å². The van der Waals surface area contributed by atoms with Gasteiger partial charge in [-0.1, -0.05) is 36.4 Å². The molecule has 2 N–H and O–H groups in total. The molecule has 5 aromatic rings. The summed E-state index contributed by atoms with van der Waals surface area (Å²) in [7, 11) is 0. The number of imidazole rings is 1. The fourth-order valence-corrected chi connectivity index (χ4v) is 4.28. The van der Waals surface area contributed by atoms with E-state index in [0.29, 0.717) is 0 Å². The zero-order chi connectivity index (χ0) is 20.1. The summed E-state index contributed by atoms with van der Waals surface area (Å²) < 4.78 is 3.91. The highest BCUT2D eigenvalue weighted by Crippen LogP contribution is 2.34.